The van der Waals surface area contributed by atoms with Gasteiger partial charge in [-0.15, -0.1) is 0 Å². The Morgan fingerprint density at radius 3 is 2.62 bits per heavy atom. The van der Waals surface area contributed by atoms with Crippen LogP contribution in [0.2, 0.25) is 0 Å². The molecule has 0 radical (unpaired) electrons. The maximum absolute atomic E-state index is 10.6. The van der Waals surface area contributed by atoms with Gasteiger partial charge in [-0.25, -0.2) is 4.98 Å². The van der Waals surface area contributed by atoms with Crippen LogP contribution >= 0.6 is 0 Å². The molecule has 1 unspecified atom stereocenters. The van der Waals surface area contributed by atoms with E-state index in [-0.39, 0.29) is 5.92 Å². The number of aromatic nitrogens is 2. The van der Waals surface area contributed by atoms with E-state index in [4.69, 9.17) is 5.26 Å². The molecule has 0 saturated carbocycles. The molecule has 1 aliphatic heterocycles. The summed E-state index contributed by atoms with van der Waals surface area (Å²) in [7, 11) is 1.91. The number of nitriles is 1. The molecule has 0 aliphatic carbocycles. The van der Waals surface area contributed by atoms with Crippen molar-refractivity contribution >= 4 is 5.70 Å². The molecule has 1 aliphatic rings. The van der Waals surface area contributed by atoms with Crippen molar-refractivity contribution < 1.29 is 5.11 Å². The average molecular weight is 322 g/mol. The van der Waals surface area contributed by atoms with Gasteiger partial charge in [0.2, 0.25) is 0 Å². The maximum Gasteiger partial charge on any atom is 0.137 e. The summed E-state index contributed by atoms with van der Waals surface area (Å²) in [5.74, 6) is 0.922. The Labute approximate surface area is 142 Å². The Bertz CT molecular complexity index is 736. The number of benzene rings is 1. The molecule has 1 aromatic carbocycles. The number of nitrogens with zero attached hydrogens (tertiary/aromatic N) is 4. The van der Waals surface area contributed by atoms with Crippen LogP contribution in [0.15, 0.2) is 48.8 Å². The van der Waals surface area contributed by atoms with Gasteiger partial charge in [0.25, 0.3) is 0 Å². The topological polar surface area (TPSA) is 65.1 Å². The number of aliphatic hydroxyl groups is 1. The van der Waals surface area contributed by atoms with Crippen molar-refractivity contribution in [2.24, 2.45) is 13.0 Å². The van der Waals surface area contributed by atoms with E-state index in [1.54, 1.807) is 12.3 Å². The summed E-state index contributed by atoms with van der Waals surface area (Å²) >= 11 is 0. The number of likely N-dealkylation sites (tertiary alicyclic amines) is 1. The molecule has 0 amide bonds. The quantitative estimate of drug-likeness (QED) is 0.879. The van der Waals surface area contributed by atoms with E-state index in [1.165, 1.54) is 0 Å². The summed E-state index contributed by atoms with van der Waals surface area (Å²) in [5.41, 5.74) is 2.02. The highest BCUT2D eigenvalue weighted by molar-refractivity contribution is 5.66. The van der Waals surface area contributed by atoms with Crippen molar-refractivity contribution in [3.63, 3.8) is 0 Å². The van der Waals surface area contributed by atoms with Gasteiger partial charge in [-0.2, -0.15) is 5.26 Å². The maximum atomic E-state index is 10.6. The van der Waals surface area contributed by atoms with Gasteiger partial charge in [-0.05, 0) is 24.3 Å². The minimum Gasteiger partial charge on any atom is -0.385 e. The monoisotopic (exact) mass is 322 g/mol. The third kappa shape index (κ3) is 3.34. The molecule has 3 rings (SSSR count). The van der Waals surface area contributed by atoms with Crippen molar-refractivity contribution in [2.75, 3.05) is 13.1 Å². The van der Waals surface area contributed by atoms with Gasteiger partial charge in [0, 0.05) is 38.6 Å². The number of hydrogen-bond donors (Lipinski definition) is 1. The Hall–Kier alpha value is -2.58. The predicted molar refractivity (Wildman–Crippen MR) is 92.5 cm³/mol. The molecule has 124 valence electrons. The molecule has 5 nitrogen and oxygen atoms in total. The molecular formula is C19H22N4O. The fraction of sp³-hybridized carbons (Fsp3) is 0.368. The first kappa shape index (κ1) is 16.3. The largest absolute Gasteiger partial charge is 0.385 e. The van der Waals surface area contributed by atoms with Crippen LogP contribution in [0.25, 0.3) is 5.70 Å². The summed E-state index contributed by atoms with van der Waals surface area (Å²) in [5, 5.41) is 19.7. The van der Waals surface area contributed by atoms with Gasteiger partial charge < -0.3 is 14.6 Å². The van der Waals surface area contributed by atoms with E-state index < -0.39 is 6.10 Å². The molecule has 1 N–H and O–H groups in total. The standard InChI is InChI=1S/C19H22N4O/c1-22-14-11-21-19(22)18(24)16-8-12-23(13-9-16)17(7-10-20)15-5-3-2-4-6-15/h2-7,11,14,16,18,24H,8-9,12-13H2,1H3/b17-7+. The summed E-state index contributed by atoms with van der Waals surface area (Å²) in [4.78, 5) is 6.50. The zero-order valence-corrected chi connectivity index (χ0v) is 13.8. The van der Waals surface area contributed by atoms with Gasteiger partial charge >= 0.3 is 0 Å². The molecule has 5 heteroatoms. The normalized spacial score (nSPS) is 17.5. The molecule has 1 atom stereocenters. The number of piperidine rings is 1. The number of imidazole rings is 1. The van der Waals surface area contributed by atoms with Crippen LogP contribution in [0, 0.1) is 17.2 Å². The van der Waals surface area contributed by atoms with E-state index in [0.29, 0.717) is 0 Å². The number of aryl methyl sites for hydroxylation is 1. The molecule has 2 aromatic rings. The first-order valence-electron chi connectivity index (χ1n) is 8.26. The minimum absolute atomic E-state index is 0.196. The molecular weight excluding hydrogens is 300 g/mol. The van der Waals surface area contributed by atoms with Crippen molar-refractivity contribution in [3.05, 3.63) is 60.2 Å². The van der Waals surface area contributed by atoms with Gasteiger partial charge in [-0.1, -0.05) is 30.3 Å². The lowest BCUT2D eigenvalue weighted by molar-refractivity contribution is 0.0633. The Morgan fingerprint density at radius 1 is 1.33 bits per heavy atom. The van der Waals surface area contributed by atoms with Gasteiger partial charge in [0.1, 0.15) is 11.9 Å². The lowest BCUT2D eigenvalue weighted by atomic mass is 9.90. The van der Waals surface area contributed by atoms with Crippen LogP contribution in [-0.4, -0.2) is 32.6 Å². The van der Waals surface area contributed by atoms with E-state index in [2.05, 4.69) is 16.0 Å². The van der Waals surface area contributed by atoms with Crippen LogP contribution in [0.4, 0.5) is 0 Å². The van der Waals surface area contributed by atoms with Gasteiger partial charge in [0.15, 0.2) is 0 Å². The minimum atomic E-state index is -0.535. The Kier molecular flexibility index (Phi) is 4.97. The lowest BCUT2D eigenvalue weighted by Gasteiger charge is -2.36. The Balaban J connectivity index is 1.69. The van der Waals surface area contributed by atoms with Crippen LogP contribution in [0.3, 0.4) is 0 Å². The molecule has 1 saturated heterocycles. The fourth-order valence-corrected chi connectivity index (χ4v) is 3.36. The van der Waals surface area contributed by atoms with Gasteiger partial charge in [0.05, 0.1) is 11.8 Å². The van der Waals surface area contributed by atoms with Crippen LogP contribution in [0.1, 0.15) is 30.3 Å². The first-order chi connectivity index (χ1) is 11.7. The second-order valence-corrected chi connectivity index (χ2v) is 6.19. The number of hydrogen-bond acceptors (Lipinski definition) is 4. The summed E-state index contributed by atoms with van der Waals surface area (Å²) < 4.78 is 1.88. The number of rotatable bonds is 4. The van der Waals surface area contributed by atoms with Crippen LogP contribution in [0.5, 0.6) is 0 Å². The SMILES string of the molecule is Cn1ccnc1C(O)C1CCN(/C(=C/C#N)c2ccccc2)CC1. The molecule has 1 fully saturated rings. The number of aliphatic hydroxyl groups excluding tert-OH is 1. The second-order valence-electron chi connectivity index (χ2n) is 6.19. The van der Waals surface area contributed by atoms with Crippen molar-refractivity contribution in [3.8, 4) is 6.07 Å². The highest BCUT2D eigenvalue weighted by Gasteiger charge is 2.29. The lowest BCUT2D eigenvalue weighted by Crippen LogP contribution is -2.35. The first-order valence-corrected chi connectivity index (χ1v) is 8.26. The molecule has 24 heavy (non-hydrogen) atoms. The van der Waals surface area contributed by atoms with Crippen LogP contribution in [-0.2, 0) is 7.05 Å². The van der Waals surface area contributed by atoms with Crippen LogP contribution < -0.4 is 0 Å². The van der Waals surface area contributed by atoms with Crippen molar-refractivity contribution in [2.45, 2.75) is 18.9 Å². The molecule has 2 heterocycles. The summed E-state index contributed by atoms with van der Waals surface area (Å²) in [6.07, 6.45) is 6.42. The van der Waals surface area contributed by atoms with Gasteiger partial charge in [-0.3, -0.25) is 0 Å². The highest BCUT2D eigenvalue weighted by Crippen LogP contribution is 2.32. The fourth-order valence-electron chi connectivity index (χ4n) is 3.36. The average Bonchev–Trinajstić information content (AvgIpc) is 3.06. The van der Waals surface area contributed by atoms with Crippen molar-refractivity contribution in [1.82, 2.24) is 14.5 Å². The van der Waals surface area contributed by atoms with E-state index in [0.717, 1.165) is 43.0 Å². The summed E-state index contributed by atoms with van der Waals surface area (Å²) in [6, 6.07) is 12.2. The zero-order chi connectivity index (χ0) is 16.9. The predicted octanol–water partition coefficient (Wildman–Crippen LogP) is 2.73. The van der Waals surface area contributed by atoms with E-state index in [1.807, 2.05) is 48.1 Å². The zero-order valence-electron chi connectivity index (χ0n) is 13.8. The third-order valence-electron chi connectivity index (χ3n) is 4.72. The molecule has 1 aromatic heterocycles. The third-order valence-corrected chi connectivity index (χ3v) is 4.72. The molecule has 0 bridgehead atoms. The summed E-state index contributed by atoms with van der Waals surface area (Å²) in [6.45, 7) is 1.66. The van der Waals surface area contributed by atoms with E-state index in [9.17, 15) is 5.11 Å². The smallest absolute Gasteiger partial charge is 0.137 e. The van der Waals surface area contributed by atoms with Crippen molar-refractivity contribution in [1.29, 1.82) is 5.26 Å². The highest BCUT2D eigenvalue weighted by atomic mass is 16.3. The van der Waals surface area contributed by atoms with E-state index >= 15 is 0 Å². The molecule has 0 spiro atoms. The number of allylic oxidation sites excluding steroid dienone is 1. The Morgan fingerprint density at radius 2 is 2.04 bits per heavy atom. The second kappa shape index (κ2) is 7.33.